The van der Waals surface area contributed by atoms with Crippen LogP contribution in [0.2, 0.25) is 0 Å². The van der Waals surface area contributed by atoms with Gasteiger partial charge in [-0.2, -0.15) is 10.2 Å². The number of nitrogens with zero attached hydrogens (tertiary/aromatic N) is 6. The summed E-state index contributed by atoms with van der Waals surface area (Å²) < 4.78 is 17.8. The van der Waals surface area contributed by atoms with E-state index >= 15 is 0 Å². The molecule has 0 fully saturated rings. The highest BCUT2D eigenvalue weighted by Crippen LogP contribution is 2.28. The van der Waals surface area contributed by atoms with Gasteiger partial charge in [-0.3, -0.25) is 9.58 Å². The molecule has 0 spiro atoms. The summed E-state index contributed by atoms with van der Waals surface area (Å²) in [6.45, 7) is 1.82. The second-order valence-corrected chi connectivity index (χ2v) is 5.69. The smallest absolute Gasteiger partial charge is 0.154 e. The second-order valence-electron chi connectivity index (χ2n) is 5.69. The van der Waals surface area contributed by atoms with E-state index in [0.717, 1.165) is 5.69 Å². The van der Waals surface area contributed by atoms with Crippen molar-refractivity contribution in [2.24, 2.45) is 7.05 Å². The minimum atomic E-state index is -0.349. The van der Waals surface area contributed by atoms with Gasteiger partial charge in [0.2, 0.25) is 0 Å². The normalized spacial score (nSPS) is 12.8. The first kappa shape index (κ1) is 15.4. The Balaban J connectivity index is 2.17. The Morgan fingerprint density at radius 1 is 1.22 bits per heavy atom. The zero-order valence-corrected chi connectivity index (χ0v) is 13.6. The molecule has 0 amide bonds. The van der Waals surface area contributed by atoms with Crippen LogP contribution in [0.5, 0.6) is 0 Å². The van der Waals surface area contributed by atoms with Crippen molar-refractivity contribution in [2.75, 3.05) is 14.1 Å². The Bertz CT molecular complexity index is 820. The van der Waals surface area contributed by atoms with E-state index in [9.17, 15) is 4.39 Å². The van der Waals surface area contributed by atoms with Crippen molar-refractivity contribution in [3.63, 3.8) is 0 Å². The molecule has 23 heavy (non-hydrogen) atoms. The lowest BCUT2D eigenvalue weighted by Crippen LogP contribution is -2.25. The number of hydrogen-bond donors (Lipinski definition) is 0. The number of aryl methyl sites for hydroxylation is 2. The summed E-state index contributed by atoms with van der Waals surface area (Å²) in [5.41, 5.74) is 1.36. The third-order valence-corrected chi connectivity index (χ3v) is 3.63. The van der Waals surface area contributed by atoms with Crippen molar-refractivity contribution < 1.29 is 4.39 Å². The molecule has 1 unspecified atom stereocenters. The van der Waals surface area contributed by atoms with Crippen molar-refractivity contribution in [1.82, 2.24) is 29.4 Å². The minimum absolute atomic E-state index is 0.260. The summed E-state index contributed by atoms with van der Waals surface area (Å²) in [6.07, 6.45) is 3.57. The number of rotatable bonds is 4. The molecule has 2 aromatic heterocycles. The molecule has 1 atom stereocenters. The molecule has 0 saturated carbocycles. The summed E-state index contributed by atoms with van der Waals surface area (Å²) in [5, 5.41) is 8.63. The maximum absolute atomic E-state index is 14.3. The fourth-order valence-corrected chi connectivity index (χ4v) is 2.66. The zero-order valence-electron chi connectivity index (χ0n) is 13.6. The van der Waals surface area contributed by atoms with Crippen LogP contribution in [0.15, 0.2) is 36.7 Å². The third kappa shape index (κ3) is 2.87. The van der Waals surface area contributed by atoms with Crippen LogP contribution in [0, 0.1) is 12.7 Å². The number of halogens is 1. The Hall–Kier alpha value is -2.54. The summed E-state index contributed by atoms with van der Waals surface area (Å²) in [6, 6.07) is 6.40. The van der Waals surface area contributed by atoms with Gasteiger partial charge in [-0.1, -0.05) is 18.2 Å². The topological polar surface area (TPSA) is 51.8 Å². The highest BCUT2D eigenvalue weighted by Gasteiger charge is 2.26. The Kier molecular flexibility index (Phi) is 3.96. The van der Waals surface area contributed by atoms with E-state index in [0.29, 0.717) is 17.2 Å². The van der Waals surface area contributed by atoms with Gasteiger partial charge in [-0.25, -0.2) is 14.1 Å². The SMILES string of the molecule is Cc1nc(C(c2ccccc2F)N(C)C)n(-c2cnn(C)c2)n1. The number of hydrogen-bond acceptors (Lipinski definition) is 4. The van der Waals surface area contributed by atoms with E-state index in [2.05, 4.69) is 15.2 Å². The lowest BCUT2D eigenvalue weighted by Gasteiger charge is -2.24. The van der Waals surface area contributed by atoms with Crippen molar-refractivity contribution in [3.05, 3.63) is 59.7 Å². The lowest BCUT2D eigenvalue weighted by atomic mass is 10.0. The van der Waals surface area contributed by atoms with Crippen molar-refractivity contribution in [1.29, 1.82) is 0 Å². The van der Waals surface area contributed by atoms with Gasteiger partial charge in [0, 0.05) is 12.6 Å². The van der Waals surface area contributed by atoms with Gasteiger partial charge in [-0.15, -0.1) is 0 Å². The van der Waals surface area contributed by atoms with Gasteiger partial charge in [0.15, 0.2) is 5.82 Å². The highest BCUT2D eigenvalue weighted by atomic mass is 19.1. The first-order valence-corrected chi connectivity index (χ1v) is 7.31. The van der Waals surface area contributed by atoms with Crippen LogP contribution < -0.4 is 0 Å². The van der Waals surface area contributed by atoms with Crippen LogP contribution >= 0.6 is 0 Å². The van der Waals surface area contributed by atoms with E-state index in [1.54, 1.807) is 27.7 Å². The van der Waals surface area contributed by atoms with Crippen molar-refractivity contribution in [3.8, 4) is 5.69 Å². The Labute approximate surface area is 134 Å². The lowest BCUT2D eigenvalue weighted by molar-refractivity contribution is 0.317. The largest absolute Gasteiger partial charge is 0.296 e. The molecule has 0 radical (unpaired) electrons. The van der Waals surface area contributed by atoms with Crippen LogP contribution in [0.4, 0.5) is 4.39 Å². The molecule has 0 bridgehead atoms. The Morgan fingerprint density at radius 3 is 2.57 bits per heavy atom. The molecule has 3 aromatic rings. The summed E-state index contributed by atoms with van der Waals surface area (Å²) >= 11 is 0. The Morgan fingerprint density at radius 2 is 1.96 bits per heavy atom. The van der Waals surface area contributed by atoms with Gasteiger partial charge in [0.05, 0.1) is 18.4 Å². The quantitative estimate of drug-likeness (QED) is 0.740. The average Bonchev–Trinajstić information content (AvgIpc) is 3.07. The van der Waals surface area contributed by atoms with Crippen molar-refractivity contribution >= 4 is 0 Å². The van der Waals surface area contributed by atoms with E-state index in [1.807, 2.05) is 45.2 Å². The number of benzene rings is 1. The summed E-state index contributed by atoms with van der Waals surface area (Å²) in [5.74, 6) is 1.03. The molecule has 120 valence electrons. The fourth-order valence-electron chi connectivity index (χ4n) is 2.66. The van der Waals surface area contributed by atoms with Gasteiger partial charge < -0.3 is 0 Å². The first-order valence-electron chi connectivity index (χ1n) is 7.31. The number of aromatic nitrogens is 5. The monoisotopic (exact) mass is 314 g/mol. The molecule has 0 saturated heterocycles. The van der Waals surface area contributed by atoms with Gasteiger partial charge >= 0.3 is 0 Å². The van der Waals surface area contributed by atoms with Crippen molar-refractivity contribution in [2.45, 2.75) is 13.0 Å². The van der Waals surface area contributed by atoms with Crippen LogP contribution in [0.25, 0.3) is 5.69 Å². The third-order valence-electron chi connectivity index (χ3n) is 3.63. The van der Waals surface area contributed by atoms with Gasteiger partial charge in [-0.05, 0) is 27.1 Å². The van der Waals surface area contributed by atoms with E-state index < -0.39 is 0 Å². The summed E-state index contributed by atoms with van der Waals surface area (Å²) in [7, 11) is 5.64. The van der Waals surface area contributed by atoms with Crippen LogP contribution in [0.1, 0.15) is 23.3 Å². The van der Waals surface area contributed by atoms with E-state index in [1.165, 1.54) is 6.07 Å². The molecular weight excluding hydrogens is 295 g/mol. The van der Waals surface area contributed by atoms with Gasteiger partial charge in [0.1, 0.15) is 17.3 Å². The van der Waals surface area contributed by atoms with Crippen LogP contribution in [0.3, 0.4) is 0 Å². The zero-order chi connectivity index (χ0) is 16.6. The second kappa shape index (κ2) is 5.92. The minimum Gasteiger partial charge on any atom is -0.296 e. The molecule has 6 nitrogen and oxygen atoms in total. The predicted octanol–water partition coefficient (Wildman–Crippen LogP) is 2.10. The first-order chi connectivity index (χ1) is 11.0. The molecule has 0 aliphatic rings. The molecule has 7 heteroatoms. The maximum Gasteiger partial charge on any atom is 0.154 e. The molecule has 0 aliphatic heterocycles. The van der Waals surface area contributed by atoms with Gasteiger partial charge in [0.25, 0.3) is 0 Å². The molecule has 2 heterocycles. The van der Waals surface area contributed by atoms with E-state index in [4.69, 9.17) is 0 Å². The molecule has 0 aliphatic carbocycles. The predicted molar refractivity (Wildman–Crippen MR) is 84.8 cm³/mol. The maximum atomic E-state index is 14.3. The summed E-state index contributed by atoms with van der Waals surface area (Å²) in [4.78, 5) is 6.47. The standard InChI is InChI=1S/C16H19FN6/c1-11-19-16(23(20-11)12-9-18-22(4)10-12)15(21(2)3)13-7-5-6-8-14(13)17/h5-10,15H,1-4H3. The van der Waals surface area contributed by atoms with E-state index in [-0.39, 0.29) is 11.9 Å². The molecule has 1 aromatic carbocycles. The highest BCUT2D eigenvalue weighted by molar-refractivity contribution is 5.32. The van der Waals surface area contributed by atoms with Crippen LogP contribution in [-0.4, -0.2) is 43.5 Å². The van der Waals surface area contributed by atoms with Crippen LogP contribution in [-0.2, 0) is 7.05 Å². The average molecular weight is 314 g/mol. The molecule has 3 rings (SSSR count). The fraction of sp³-hybridized carbons (Fsp3) is 0.312. The molecular formula is C16H19FN6. The molecule has 0 N–H and O–H groups in total.